The number of hydrogen-bond donors (Lipinski definition) is 0. The van der Waals surface area contributed by atoms with E-state index < -0.39 is 0 Å². The molecule has 1 aliphatic carbocycles. The molecule has 8 aromatic rings. The lowest BCUT2D eigenvalue weighted by Gasteiger charge is -2.22. The summed E-state index contributed by atoms with van der Waals surface area (Å²) in [5.41, 5.74) is 16.8. The van der Waals surface area contributed by atoms with Crippen LogP contribution in [0.1, 0.15) is 25.0 Å². The predicted molar refractivity (Wildman–Crippen MR) is 210 cm³/mol. The molecule has 0 radical (unpaired) electrons. The van der Waals surface area contributed by atoms with Crippen LogP contribution in [0.3, 0.4) is 0 Å². The van der Waals surface area contributed by atoms with Gasteiger partial charge in [0.1, 0.15) is 0 Å². The Balaban J connectivity index is 1.12. The molecule has 0 saturated carbocycles. The molecular formula is C48H35N3. The van der Waals surface area contributed by atoms with Gasteiger partial charge < -0.3 is 0 Å². The van der Waals surface area contributed by atoms with Crippen molar-refractivity contribution in [3.05, 3.63) is 187 Å². The summed E-state index contributed by atoms with van der Waals surface area (Å²) >= 11 is 0. The van der Waals surface area contributed by atoms with Gasteiger partial charge in [0, 0.05) is 40.1 Å². The summed E-state index contributed by atoms with van der Waals surface area (Å²) in [4.78, 5) is 15.0. The van der Waals surface area contributed by atoms with Crippen molar-refractivity contribution in [2.45, 2.75) is 19.3 Å². The van der Waals surface area contributed by atoms with Crippen LogP contribution >= 0.6 is 0 Å². The van der Waals surface area contributed by atoms with Crippen LogP contribution in [-0.4, -0.2) is 15.0 Å². The van der Waals surface area contributed by atoms with E-state index in [1.165, 1.54) is 38.9 Å². The number of fused-ring (bicyclic) bond motifs is 3. The number of nitrogens with zero attached hydrogens (tertiary/aromatic N) is 3. The molecule has 0 saturated heterocycles. The van der Waals surface area contributed by atoms with E-state index in [0.29, 0.717) is 5.82 Å². The molecule has 0 spiro atoms. The number of benzene rings is 6. The maximum absolute atomic E-state index is 5.16. The molecule has 2 heterocycles. The standard InChI is InChI=1S/C48H35N3/c1-48(2)43-16-10-9-15-41(43)42-26-25-38(28-44(42)48)39-27-40(31-49-30-39)46-29-45(36-21-17-34(18-22-36)32-11-5-3-6-12-32)50-47(51-46)37-23-19-35(20-24-37)33-13-7-4-8-14-33/h3-31H,1-2H3. The molecule has 0 bridgehead atoms. The lowest BCUT2D eigenvalue weighted by Crippen LogP contribution is -2.14. The maximum Gasteiger partial charge on any atom is 0.160 e. The van der Waals surface area contributed by atoms with Gasteiger partial charge in [-0.1, -0.05) is 159 Å². The van der Waals surface area contributed by atoms with Crippen LogP contribution in [0.5, 0.6) is 0 Å². The van der Waals surface area contributed by atoms with Crippen molar-refractivity contribution in [1.29, 1.82) is 0 Å². The van der Waals surface area contributed by atoms with Crippen LogP contribution in [0.15, 0.2) is 176 Å². The topological polar surface area (TPSA) is 38.7 Å². The molecule has 242 valence electrons. The lowest BCUT2D eigenvalue weighted by molar-refractivity contribution is 0.660. The Kier molecular flexibility index (Phi) is 7.48. The average molecular weight is 654 g/mol. The molecule has 0 fully saturated rings. The monoisotopic (exact) mass is 653 g/mol. The Hall–Kier alpha value is -6.45. The highest BCUT2D eigenvalue weighted by Crippen LogP contribution is 2.49. The van der Waals surface area contributed by atoms with E-state index in [2.05, 4.69) is 166 Å². The van der Waals surface area contributed by atoms with Crippen LogP contribution in [0.2, 0.25) is 0 Å². The Labute approximate surface area is 299 Å². The van der Waals surface area contributed by atoms with Gasteiger partial charge in [0.05, 0.1) is 11.4 Å². The summed E-state index contributed by atoms with van der Waals surface area (Å²) in [7, 11) is 0. The van der Waals surface area contributed by atoms with Gasteiger partial charge in [-0.15, -0.1) is 0 Å². The van der Waals surface area contributed by atoms with Crippen molar-refractivity contribution in [1.82, 2.24) is 15.0 Å². The van der Waals surface area contributed by atoms with Crippen molar-refractivity contribution in [3.63, 3.8) is 0 Å². The lowest BCUT2D eigenvalue weighted by atomic mass is 9.81. The van der Waals surface area contributed by atoms with Crippen molar-refractivity contribution in [2.24, 2.45) is 0 Å². The van der Waals surface area contributed by atoms with Gasteiger partial charge in [-0.25, -0.2) is 9.97 Å². The smallest absolute Gasteiger partial charge is 0.160 e. The fourth-order valence-corrected chi connectivity index (χ4v) is 7.40. The molecule has 0 amide bonds. The third-order valence-corrected chi connectivity index (χ3v) is 10.2. The second-order valence-corrected chi connectivity index (χ2v) is 13.7. The molecule has 1 aliphatic rings. The summed E-state index contributed by atoms with van der Waals surface area (Å²) in [6.07, 6.45) is 3.86. The Morgan fingerprint density at radius 2 is 0.843 bits per heavy atom. The largest absolute Gasteiger partial charge is 0.263 e. The van der Waals surface area contributed by atoms with E-state index in [1.807, 2.05) is 24.5 Å². The summed E-state index contributed by atoms with van der Waals surface area (Å²) in [6.45, 7) is 4.64. The van der Waals surface area contributed by atoms with Crippen molar-refractivity contribution >= 4 is 0 Å². The summed E-state index contributed by atoms with van der Waals surface area (Å²) < 4.78 is 0. The normalized spacial score (nSPS) is 12.7. The van der Waals surface area contributed by atoms with Crippen molar-refractivity contribution in [3.8, 4) is 78.4 Å². The van der Waals surface area contributed by atoms with Gasteiger partial charge in [0.25, 0.3) is 0 Å². The average Bonchev–Trinajstić information content (AvgIpc) is 3.44. The summed E-state index contributed by atoms with van der Waals surface area (Å²) in [5.74, 6) is 0.677. The summed E-state index contributed by atoms with van der Waals surface area (Å²) in [6, 6.07) is 57.9. The molecule has 0 atom stereocenters. The van der Waals surface area contributed by atoms with Crippen molar-refractivity contribution in [2.75, 3.05) is 0 Å². The number of hydrogen-bond acceptors (Lipinski definition) is 3. The maximum atomic E-state index is 5.16. The highest BCUT2D eigenvalue weighted by atomic mass is 14.9. The molecule has 0 N–H and O–H groups in total. The van der Waals surface area contributed by atoms with Gasteiger partial charge in [-0.3, -0.25) is 4.98 Å². The third kappa shape index (κ3) is 5.63. The van der Waals surface area contributed by atoms with Gasteiger partial charge in [-0.2, -0.15) is 0 Å². The highest BCUT2D eigenvalue weighted by Gasteiger charge is 2.35. The van der Waals surface area contributed by atoms with Crippen molar-refractivity contribution < 1.29 is 0 Å². The fraction of sp³-hybridized carbons (Fsp3) is 0.0625. The van der Waals surface area contributed by atoms with E-state index in [-0.39, 0.29) is 5.41 Å². The van der Waals surface area contributed by atoms with E-state index in [4.69, 9.17) is 15.0 Å². The predicted octanol–water partition coefficient (Wildman–Crippen LogP) is 12.2. The molecule has 3 nitrogen and oxygen atoms in total. The Bertz CT molecular complexity index is 2420. The van der Waals surface area contributed by atoms with Crippen LogP contribution in [0.4, 0.5) is 0 Å². The van der Waals surface area contributed by atoms with Crippen LogP contribution in [0.25, 0.3) is 78.4 Å². The van der Waals surface area contributed by atoms with E-state index in [1.54, 1.807) is 0 Å². The first kappa shape index (κ1) is 30.6. The van der Waals surface area contributed by atoms with Crippen LogP contribution < -0.4 is 0 Å². The van der Waals surface area contributed by atoms with Crippen LogP contribution in [-0.2, 0) is 5.41 Å². The first-order valence-electron chi connectivity index (χ1n) is 17.4. The molecule has 3 heteroatoms. The zero-order valence-electron chi connectivity index (χ0n) is 28.6. The second kappa shape index (κ2) is 12.5. The van der Waals surface area contributed by atoms with Gasteiger partial charge in [0.15, 0.2) is 5.82 Å². The van der Waals surface area contributed by atoms with Gasteiger partial charge in [0.2, 0.25) is 0 Å². The Morgan fingerprint density at radius 1 is 0.353 bits per heavy atom. The summed E-state index contributed by atoms with van der Waals surface area (Å²) in [5, 5.41) is 0. The molecule has 0 aliphatic heterocycles. The second-order valence-electron chi connectivity index (χ2n) is 13.7. The SMILES string of the molecule is CC1(C)c2ccccc2-c2ccc(-c3cncc(-c4cc(-c5ccc(-c6ccccc6)cc5)nc(-c5ccc(-c6ccccc6)cc5)n4)c3)cc21. The molecule has 6 aromatic carbocycles. The minimum absolute atomic E-state index is 0.0739. The fourth-order valence-electron chi connectivity index (χ4n) is 7.40. The minimum Gasteiger partial charge on any atom is -0.263 e. The molecule has 2 aromatic heterocycles. The molecule has 0 unspecified atom stereocenters. The number of aromatic nitrogens is 3. The Morgan fingerprint density at radius 3 is 1.51 bits per heavy atom. The zero-order valence-corrected chi connectivity index (χ0v) is 28.6. The molecular weight excluding hydrogens is 619 g/mol. The highest BCUT2D eigenvalue weighted by molar-refractivity contribution is 5.84. The first-order chi connectivity index (χ1) is 25.0. The van der Waals surface area contributed by atoms with Gasteiger partial charge >= 0.3 is 0 Å². The molecule has 9 rings (SSSR count). The van der Waals surface area contributed by atoms with E-state index in [0.717, 1.165) is 44.8 Å². The zero-order chi connectivity index (χ0) is 34.4. The quantitative estimate of drug-likeness (QED) is 0.179. The molecule has 51 heavy (non-hydrogen) atoms. The number of pyridine rings is 1. The first-order valence-corrected chi connectivity index (χ1v) is 17.4. The third-order valence-electron chi connectivity index (χ3n) is 10.2. The van der Waals surface area contributed by atoms with E-state index >= 15 is 0 Å². The van der Waals surface area contributed by atoms with Gasteiger partial charge in [-0.05, 0) is 68.3 Å². The minimum atomic E-state index is -0.0739. The van der Waals surface area contributed by atoms with Crippen LogP contribution in [0, 0.1) is 0 Å². The van der Waals surface area contributed by atoms with E-state index in [9.17, 15) is 0 Å². The number of rotatable bonds is 6.